The van der Waals surface area contributed by atoms with Crippen molar-refractivity contribution in [1.29, 1.82) is 0 Å². The Morgan fingerprint density at radius 1 is 1.35 bits per heavy atom. The van der Waals surface area contributed by atoms with Crippen molar-refractivity contribution in [3.8, 4) is 0 Å². The number of benzene rings is 1. The first-order valence-corrected chi connectivity index (χ1v) is 9.14. The van der Waals surface area contributed by atoms with Gasteiger partial charge in [-0.1, -0.05) is 6.07 Å². The molecule has 5 heteroatoms. The number of hydrogen-bond acceptors (Lipinski definition) is 4. The van der Waals surface area contributed by atoms with Gasteiger partial charge in [0.2, 0.25) is 0 Å². The fourth-order valence-electron chi connectivity index (χ4n) is 2.88. The van der Waals surface area contributed by atoms with Crippen molar-refractivity contribution in [2.24, 2.45) is 0 Å². The average Bonchev–Trinajstić information content (AvgIpc) is 3.23. The second-order valence-electron chi connectivity index (χ2n) is 5.99. The smallest absolute Gasteiger partial charge is 0.251 e. The Bertz CT molecular complexity index is 662. The summed E-state index contributed by atoms with van der Waals surface area (Å²) >= 11 is 1.69. The van der Waals surface area contributed by atoms with E-state index in [9.17, 15) is 4.79 Å². The van der Waals surface area contributed by atoms with E-state index in [0.717, 1.165) is 47.9 Å². The lowest BCUT2D eigenvalue weighted by molar-refractivity contribution is 0.0953. The normalized spacial score (nSPS) is 14.2. The number of nitrogens with one attached hydrogen (secondary N) is 1. The molecule has 2 heterocycles. The number of aryl methyl sites for hydroxylation is 2. The van der Waals surface area contributed by atoms with Crippen molar-refractivity contribution < 1.29 is 4.79 Å². The maximum absolute atomic E-state index is 12.3. The third-order valence-electron chi connectivity index (χ3n) is 4.10. The van der Waals surface area contributed by atoms with Gasteiger partial charge in [0, 0.05) is 48.4 Å². The first-order valence-electron chi connectivity index (χ1n) is 8.26. The lowest BCUT2D eigenvalue weighted by atomic mass is 10.1. The third kappa shape index (κ3) is 4.32. The Labute approximate surface area is 141 Å². The van der Waals surface area contributed by atoms with Crippen molar-refractivity contribution in [3.05, 3.63) is 45.9 Å². The molecule has 0 spiro atoms. The van der Waals surface area contributed by atoms with Crippen LogP contribution < -0.4 is 10.2 Å². The lowest BCUT2D eigenvalue weighted by Gasteiger charge is -2.18. The molecule has 4 nitrogen and oxygen atoms in total. The summed E-state index contributed by atoms with van der Waals surface area (Å²) in [6, 6.07) is 7.96. The molecule has 0 radical (unpaired) electrons. The van der Waals surface area contributed by atoms with Gasteiger partial charge in [-0.25, -0.2) is 4.98 Å². The van der Waals surface area contributed by atoms with Gasteiger partial charge in [-0.3, -0.25) is 4.79 Å². The molecule has 1 fully saturated rings. The summed E-state index contributed by atoms with van der Waals surface area (Å²) in [5, 5.41) is 6.23. The highest BCUT2D eigenvalue weighted by molar-refractivity contribution is 7.09. The van der Waals surface area contributed by atoms with Crippen LogP contribution in [0.5, 0.6) is 0 Å². The number of carbonyl (C=O) groups excluding carboxylic acids is 1. The standard InChI is InChI=1S/C18H23N3OS/c1-14-13-23-17(20-14)8-5-9-19-18(22)15-6-4-7-16(12-15)21-10-2-3-11-21/h4,6-7,12-13H,2-3,5,8-11H2,1H3,(H,19,22). The molecule has 2 aromatic rings. The van der Waals surface area contributed by atoms with Gasteiger partial charge >= 0.3 is 0 Å². The van der Waals surface area contributed by atoms with Crippen LogP contribution in [0.3, 0.4) is 0 Å². The van der Waals surface area contributed by atoms with E-state index in [1.54, 1.807) is 11.3 Å². The molecule has 0 bridgehead atoms. The molecule has 1 saturated heterocycles. The van der Waals surface area contributed by atoms with Crippen LogP contribution in [0.4, 0.5) is 5.69 Å². The number of nitrogens with zero attached hydrogens (tertiary/aromatic N) is 2. The Kier molecular flexibility index (Phi) is 5.28. The van der Waals surface area contributed by atoms with E-state index in [4.69, 9.17) is 0 Å². The van der Waals surface area contributed by atoms with Crippen molar-refractivity contribution >= 4 is 22.9 Å². The minimum atomic E-state index is 0.0152. The first kappa shape index (κ1) is 16.0. The van der Waals surface area contributed by atoms with E-state index in [-0.39, 0.29) is 5.91 Å². The minimum Gasteiger partial charge on any atom is -0.372 e. The van der Waals surface area contributed by atoms with Gasteiger partial charge in [-0.15, -0.1) is 11.3 Å². The second-order valence-corrected chi connectivity index (χ2v) is 6.93. The van der Waals surface area contributed by atoms with Crippen LogP contribution in [-0.2, 0) is 6.42 Å². The number of hydrogen-bond donors (Lipinski definition) is 1. The Morgan fingerprint density at radius 3 is 2.91 bits per heavy atom. The van der Waals surface area contributed by atoms with Crippen LogP contribution in [0.15, 0.2) is 29.6 Å². The predicted octanol–water partition coefficient (Wildman–Crippen LogP) is 3.41. The van der Waals surface area contributed by atoms with Crippen molar-refractivity contribution in [1.82, 2.24) is 10.3 Å². The molecule has 3 rings (SSSR count). The van der Waals surface area contributed by atoms with E-state index in [1.807, 2.05) is 25.1 Å². The summed E-state index contributed by atoms with van der Waals surface area (Å²) in [7, 11) is 0. The van der Waals surface area contributed by atoms with Gasteiger partial charge in [-0.2, -0.15) is 0 Å². The highest BCUT2D eigenvalue weighted by Crippen LogP contribution is 2.21. The van der Waals surface area contributed by atoms with Crippen LogP contribution in [0.1, 0.15) is 40.3 Å². The van der Waals surface area contributed by atoms with E-state index in [0.29, 0.717) is 6.54 Å². The molecule has 1 aromatic heterocycles. The van der Waals surface area contributed by atoms with Crippen LogP contribution in [0.25, 0.3) is 0 Å². The van der Waals surface area contributed by atoms with Crippen molar-refractivity contribution in [3.63, 3.8) is 0 Å². The van der Waals surface area contributed by atoms with Crippen molar-refractivity contribution in [2.45, 2.75) is 32.6 Å². The molecule has 1 N–H and O–H groups in total. The molecule has 23 heavy (non-hydrogen) atoms. The van der Waals surface area contributed by atoms with Crippen LogP contribution in [0.2, 0.25) is 0 Å². The average molecular weight is 329 g/mol. The predicted molar refractivity (Wildman–Crippen MR) is 95.4 cm³/mol. The maximum atomic E-state index is 12.3. The Balaban J connectivity index is 1.48. The second kappa shape index (κ2) is 7.59. The van der Waals surface area contributed by atoms with Gasteiger partial charge in [0.25, 0.3) is 5.91 Å². The summed E-state index contributed by atoms with van der Waals surface area (Å²) < 4.78 is 0. The van der Waals surface area contributed by atoms with Crippen LogP contribution >= 0.6 is 11.3 Å². The van der Waals surface area contributed by atoms with E-state index in [1.165, 1.54) is 12.8 Å². The van der Waals surface area contributed by atoms with Crippen molar-refractivity contribution in [2.75, 3.05) is 24.5 Å². The fourth-order valence-corrected chi connectivity index (χ4v) is 3.70. The summed E-state index contributed by atoms with van der Waals surface area (Å²) in [4.78, 5) is 19.1. The van der Waals surface area contributed by atoms with Gasteiger partial charge in [0.05, 0.1) is 5.01 Å². The lowest BCUT2D eigenvalue weighted by Crippen LogP contribution is -2.25. The van der Waals surface area contributed by atoms with Gasteiger partial charge < -0.3 is 10.2 Å². The number of amides is 1. The zero-order valence-electron chi connectivity index (χ0n) is 13.5. The van der Waals surface area contributed by atoms with E-state index >= 15 is 0 Å². The summed E-state index contributed by atoms with van der Waals surface area (Å²) in [6.07, 6.45) is 4.33. The summed E-state index contributed by atoms with van der Waals surface area (Å²) in [5.41, 5.74) is 2.99. The zero-order valence-corrected chi connectivity index (χ0v) is 14.4. The molecule has 0 atom stereocenters. The molecule has 1 aromatic carbocycles. The zero-order chi connectivity index (χ0) is 16.1. The highest BCUT2D eigenvalue weighted by atomic mass is 32.1. The van der Waals surface area contributed by atoms with Crippen LogP contribution in [-0.4, -0.2) is 30.5 Å². The van der Waals surface area contributed by atoms with Gasteiger partial charge in [-0.05, 0) is 44.4 Å². The molecule has 122 valence electrons. The Morgan fingerprint density at radius 2 is 2.17 bits per heavy atom. The monoisotopic (exact) mass is 329 g/mol. The molecule has 1 amide bonds. The number of thiazole rings is 1. The maximum Gasteiger partial charge on any atom is 0.251 e. The van der Waals surface area contributed by atoms with E-state index in [2.05, 4.69) is 26.6 Å². The first-order chi connectivity index (χ1) is 11.2. The number of carbonyl (C=O) groups is 1. The number of aromatic nitrogens is 1. The fraction of sp³-hybridized carbons (Fsp3) is 0.444. The van der Waals surface area contributed by atoms with E-state index < -0.39 is 0 Å². The summed E-state index contributed by atoms with van der Waals surface area (Å²) in [5.74, 6) is 0.0152. The largest absolute Gasteiger partial charge is 0.372 e. The number of rotatable bonds is 6. The molecular weight excluding hydrogens is 306 g/mol. The van der Waals surface area contributed by atoms with Gasteiger partial charge in [0.15, 0.2) is 0 Å². The topological polar surface area (TPSA) is 45.2 Å². The highest BCUT2D eigenvalue weighted by Gasteiger charge is 2.14. The SMILES string of the molecule is Cc1csc(CCCNC(=O)c2cccc(N3CCCC3)c2)n1. The summed E-state index contributed by atoms with van der Waals surface area (Å²) in [6.45, 7) is 4.89. The minimum absolute atomic E-state index is 0.0152. The van der Waals surface area contributed by atoms with Gasteiger partial charge in [0.1, 0.15) is 0 Å². The third-order valence-corrected chi connectivity index (χ3v) is 5.13. The molecular formula is C18H23N3OS. The molecule has 1 aliphatic rings. The van der Waals surface area contributed by atoms with Crippen LogP contribution in [0, 0.1) is 6.92 Å². The quantitative estimate of drug-likeness (QED) is 0.826. The molecule has 0 aliphatic carbocycles. The molecule has 0 saturated carbocycles. The molecule has 0 unspecified atom stereocenters. The number of anilines is 1. The molecule has 1 aliphatic heterocycles. The Hall–Kier alpha value is -1.88.